The first kappa shape index (κ1) is 25.6. The molecule has 3 aromatic carbocycles. The van der Waals surface area contributed by atoms with Crippen LogP contribution in [-0.4, -0.2) is 19.4 Å². The van der Waals surface area contributed by atoms with Crippen LogP contribution in [0.15, 0.2) is 95.9 Å². The molecule has 8 heteroatoms. The molecule has 3 rings (SSSR count). The van der Waals surface area contributed by atoms with Crippen LogP contribution in [0.4, 0.5) is 0 Å². The first-order valence-electron chi connectivity index (χ1n) is 7.07. The van der Waals surface area contributed by atoms with Crippen LogP contribution in [-0.2, 0) is 14.1 Å². The topological polar surface area (TPSA) is 106 Å². The van der Waals surface area contributed by atoms with Crippen molar-refractivity contribution < 1.29 is 76.2 Å². The summed E-state index contributed by atoms with van der Waals surface area (Å²) in [5, 5.41) is 1.71. The third-order valence-corrected chi connectivity index (χ3v) is 6.95. The maximum atomic E-state index is 12.6. The molecule has 0 saturated carbocycles. The van der Waals surface area contributed by atoms with Crippen LogP contribution >= 0.6 is 8.15 Å². The van der Waals surface area contributed by atoms with E-state index < -0.39 is 18.3 Å². The van der Waals surface area contributed by atoms with Crippen LogP contribution in [0.25, 0.3) is 0 Å². The molecule has 0 aliphatic rings. The number of benzene rings is 3. The van der Waals surface area contributed by atoms with Crippen molar-refractivity contribution in [1.82, 2.24) is 0 Å². The Bertz CT molecular complexity index is 829. The SMILES string of the molecule is O.O.O=S(=O)(OP(c1ccccc1)c1ccccc1)c1ccccc1.[H-].[K+]. The van der Waals surface area contributed by atoms with Crippen molar-refractivity contribution in [3.63, 3.8) is 0 Å². The molecule has 4 N–H and O–H groups in total. The van der Waals surface area contributed by atoms with E-state index in [0.29, 0.717) is 0 Å². The van der Waals surface area contributed by atoms with Gasteiger partial charge in [-0.15, -0.1) is 0 Å². The Hall–Kier alpha value is -0.444. The van der Waals surface area contributed by atoms with E-state index >= 15 is 0 Å². The summed E-state index contributed by atoms with van der Waals surface area (Å²) in [7, 11) is -5.28. The van der Waals surface area contributed by atoms with Gasteiger partial charge in [-0.05, 0) is 12.1 Å². The second kappa shape index (κ2) is 12.1. The predicted molar refractivity (Wildman–Crippen MR) is 102 cm³/mol. The van der Waals surface area contributed by atoms with Gasteiger partial charge in [-0.3, -0.25) is 0 Å². The normalized spacial score (nSPS) is 10.2. The minimum absolute atomic E-state index is 0. The summed E-state index contributed by atoms with van der Waals surface area (Å²) in [6.45, 7) is 0. The summed E-state index contributed by atoms with van der Waals surface area (Å²) in [6.07, 6.45) is 0. The average Bonchev–Trinajstić information content (AvgIpc) is 2.62. The smallest absolute Gasteiger partial charge is 1.00 e. The molecule has 0 fully saturated rings. The maximum Gasteiger partial charge on any atom is 1.00 e. The van der Waals surface area contributed by atoms with Gasteiger partial charge >= 0.3 is 61.5 Å². The van der Waals surface area contributed by atoms with Gasteiger partial charge < -0.3 is 12.4 Å². The van der Waals surface area contributed by atoms with Gasteiger partial charge in [0, 0.05) is 10.6 Å². The summed E-state index contributed by atoms with van der Waals surface area (Å²) in [5.74, 6) is 0. The van der Waals surface area contributed by atoms with Crippen molar-refractivity contribution in [2.24, 2.45) is 0 Å². The molecule has 26 heavy (non-hydrogen) atoms. The number of hydrogen-bond donors (Lipinski definition) is 0. The summed E-state index contributed by atoms with van der Waals surface area (Å²) in [4.78, 5) is 0.166. The van der Waals surface area contributed by atoms with E-state index in [1.54, 1.807) is 30.3 Å². The van der Waals surface area contributed by atoms with Gasteiger partial charge in [0.2, 0.25) is 0 Å². The molecule has 0 amide bonds. The molecule has 0 radical (unpaired) electrons. The minimum Gasteiger partial charge on any atom is -1.00 e. The Kier molecular flexibility index (Phi) is 11.9. The Morgan fingerprint density at radius 1 is 0.654 bits per heavy atom. The first-order valence-corrected chi connectivity index (χ1v) is 9.73. The van der Waals surface area contributed by atoms with Crippen molar-refractivity contribution >= 4 is 28.9 Å². The molecule has 0 unspecified atom stereocenters. The molecule has 0 aliphatic heterocycles. The average molecular weight is 418 g/mol. The third-order valence-electron chi connectivity index (χ3n) is 3.19. The van der Waals surface area contributed by atoms with E-state index in [0.717, 1.165) is 10.6 Å². The Morgan fingerprint density at radius 3 is 1.38 bits per heavy atom. The summed E-state index contributed by atoms with van der Waals surface area (Å²) >= 11 is 0. The molecule has 0 atom stereocenters. The van der Waals surface area contributed by atoms with E-state index in [2.05, 4.69) is 0 Å². The predicted octanol–water partition coefficient (Wildman–Crippen LogP) is -1.09. The van der Waals surface area contributed by atoms with Gasteiger partial charge in [-0.1, -0.05) is 78.9 Å². The molecular formula is C18H20KO5PS. The second-order valence-electron chi connectivity index (χ2n) is 4.81. The van der Waals surface area contributed by atoms with Crippen LogP contribution in [0.2, 0.25) is 0 Å². The number of rotatable bonds is 5. The monoisotopic (exact) mass is 418 g/mol. The minimum atomic E-state index is -3.83. The number of hydrogen-bond acceptors (Lipinski definition) is 3. The molecule has 0 aliphatic carbocycles. The van der Waals surface area contributed by atoms with Crippen molar-refractivity contribution in [1.29, 1.82) is 0 Å². The van der Waals surface area contributed by atoms with E-state index in [1.807, 2.05) is 60.7 Å². The van der Waals surface area contributed by atoms with Gasteiger partial charge in [0.05, 0.1) is 4.90 Å². The molecular weight excluding hydrogens is 398 g/mol. The molecule has 3 aromatic rings. The Balaban J connectivity index is 0. The van der Waals surface area contributed by atoms with Crippen molar-refractivity contribution in [2.75, 3.05) is 0 Å². The van der Waals surface area contributed by atoms with Gasteiger partial charge in [0.1, 0.15) is 8.15 Å². The van der Waals surface area contributed by atoms with Crippen LogP contribution in [0.3, 0.4) is 0 Å². The van der Waals surface area contributed by atoms with Gasteiger partial charge in [-0.2, -0.15) is 8.42 Å². The van der Waals surface area contributed by atoms with Crippen LogP contribution < -0.4 is 62.0 Å². The quantitative estimate of drug-likeness (QED) is 0.388. The second-order valence-corrected chi connectivity index (χ2v) is 8.40. The molecule has 0 spiro atoms. The van der Waals surface area contributed by atoms with Crippen molar-refractivity contribution in [3.8, 4) is 0 Å². The largest absolute Gasteiger partial charge is 1.00 e. The summed E-state index contributed by atoms with van der Waals surface area (Å²) in [5.41, 5.74) is 0. The fraction of sp³-hybridized carbons (Fsp3) is 0. The van der Waals surface area contributed by atoms with E-state index in [4.69, 9.17) is 3.97 Å². The third kappa shape index (κ3) is 6.62. The summed E-state index contributed by atoms with van der Waals surface area (Å²) in [6, 6.07) is 27.1. The summed E-state index contributed by atoms with van der Waals surface area (Å²) < 4.78 is 30.8. The molecule has 134 valence electrons. The van der Waals surface area contributed by atoms with Gasteiger partial charge in [0.15, 0.2) is 0 Å². The molecule has 5 nitrogen and oxygen atoms in total. The van der Waals surface area contributed by atoms with Crippen molar-refractivity contribution in [2.45, 2.75) is 4.90 Å². The Morgan fingerprint density at radius 2 is 1.00 bits per heavy atom. The zero-order valence-electron chi connectivity index (χ0n) is 15.2. The zero-order valence-corrected chi connectivity index (χ0v) is 19.1. The van der Waals surface area contributed by atoms with E-state index in [1.165, 1.54) is 0 Å². The molecule has 0 aromatic heterocycles. The zero-order chi connectivity index (χ0) is 16.1. The van der Waals surface area contributed by atoms with Gasteiger partial charge in [-0.25, -0.2) is 3.97 Å². The first-order chi connectivity index (χ1) is 11.2. The van der Waals surface area contributed by atoms with Crippen LogP contribution in [0, 0.1) is 0 Å². The molecule has 0 bridgehead atoms. The standard InChI is InChI=1S/C18H15O3PS.K.2H2O.H/c19-23(20,18-14-8-3-9-15-18)21-22(16-10-4-1-5-11-16)17-12-6-2-7-13-17;;;;/h1-15H;;2*1H2;/q;+1;;;-1. The Labute approximate surface area is 198 Å². The maximum absolute atomic E-state index is 12.6. The van der Waals surface area contributed by atoms with Crippen LogP contribution in [0.5, 0.6) is 0 Å². The molecule has 0 saturated heterocycles. The van der Waals surface area contributed by atoms with Crippen LogP contribution in [0.1, 0.15) is 1.43 Å². The fourth-order valence-electron chi connectivity index (χ4n) is 2.09. The fourth-order valence-corrected chi connectivity index (χ4v) is 5.58. The molecule has 0 heterocycles. The van der Waals surface area contributed by atoms with Crippen molar-refractivity contribution in [3.05, 3.63) is 91.0 Å². The van der Waals surface area contributed by atoms with E-state index in [9.17, 15) is 8.42 Å². The van der Waals surface area contributed by atoms with E-state index in [-0.39, 0.29) is 68.7 Å². The van der Waals surface area contributed by atoms with Gasteiger partial charge in [0.25, 0.3) is 0 Å².